The van der Waals surface area contributed by atoms with Crippen LogP contribution in [0.15, 0.2) is 0 Å². The van der Waals surface area contributed by atoms with Gasteiger partial charge in [-0.1, -0.05) is 12.1 Å². The molecule has 0 aromatic carbocycles. The van der Waals surface area contributed by atoms with Crippen molar-refractivity contribution in [2.24, 2.45) is 0 Å². The number of nitrogens with zero attached hydrogens (tertiary/aromatic N) is 4. The first kappa shape index (κ1) is 15.0. The Bertz CT molecular complexity index is 419. The molecule has 3 N–H and O–H groups in total. The summed E-state index contributed by atoms with van der Waals surface area (Å²) in [5, 5.41) is 16.1. The Balaban J connectivity index is 2.33. The van der Waals surface area contributed by atoms with Gasteiger partial charge in [0.05, 0.1) is 6.54 Å². The molecule has 9 nitrogen and oxygen atoms in total. The van der Waals surface area contributed by atoms with Gasteiger partial charge in [-0.05, 0) is 19.5 Å². The van der Waals surface area contributed by atoms with E-state index in [9.17, 15) is 8.42 Å². The lowest BCUT2D eigenvalue weighted by atomic mass is 10.4. The zero-order chi connectivity index (χ0) is 13.4. The summed E-state index contributed by atoms with van der Waals surface area (Å²) >= 11 is 0. The van der Waals surface area contributed by atoms with E-state index in [-0.39, 0.29) is 6.54 Å². The molecule has 18 heavy (non-hydrogen) atoms. The summed E-state index contributed by atoms with van der Waals surface area (Å²) in [6.07, 6.45) is 0.757. The number of aromatic nitrogens is 4. The number of hydrogen-bond acceptors (Lipinski definition) is 6. The fourth-order valence-electron chi connectivity index (χ4n) is 1.25. The number of aromatic amines is 1. The van der Waals surface area contributed by atoms with E-state index in [0.29, 0.717) is 12.4 Å². The predicted octanol–water partition coefficient (Wildman–Crippen LogP) is -1.53. The third-order valence-electron chi connectivity index (χ3n) is 2.29. The van der Waals surface area contributed by atoms with Crippen molar-refractivity contribution in [1.82, 2.24) is 35.0 Å². The van der Waals surface area contributed by atoms with Gasteiger partial charge in [0, 0.05) is 13.6 Å². The minimum atomic E-state index is -3.49. The molecule has 0 aliphatic rings. The molecule has 1 aromatic rings. The highest BCUT2D eigenvalue weighted by molar-refractivity contribution is 7.87. The maximum atomic E-state index is 11.8. The van der Waals surface area contributed by atoms with Gasteiger partial charge in [0.25, 0.3) is 10.2 Å². The topological polar surface area (TPSA) is 116 Å². The van der Waals surface area contributed by atoms with Crippen LogP contribution in [-0.2, 0) is 16.8 Å². The molecule has 0 spiro atoms. The van der Waals surface area contributed by atoms with Crippen molar-refractivity contribution in [2.75, 3.05) is 26.7 Å². The average molecular weight is 277 g/mol. The van der Waals surface area contributed by atoms with Gasteiger partial charge in [-0.3, -0.25) is 0 Å². The second-order valence-electron chi connectivity index (χ2n) is 3.68. The molecule has 0 aliphatic carbocycles. The molecule has 0 saturated heterocycles. The quantitative estimate of drug-likeness (QED) is 0.471. The monoisotopic (exact) mass is 277 g/mol. The highest BCUT2D eigenvalue weighted by atomic mass is 32.2. The summed E-state index contributed by atoms with van der Waals surface area (Å²) in [6, 6.07) is 0. The van der Waals surface area contributed by atoms with Crippen molar-refractivity contribution < 1.29 is 8.42 Å². The van der Waals surface area contributed by atoms with Crippen LogP contribution in [-0.4, -0.2) is 60.0 Å². The van der Waals surface area contributed by atoms with E-state index in [1.54, 1.807) is 0 Å². The van der Waals surface area contributed by atoms with Gasteiger partial charge in [-0.2, -0.15) is 22.7 Å². The molecular formula is C8H19N7O2S. The Labute approximate surface area is 107 Å². The molecule has 0 atom stereocenters. The standard InChI is InChI=1S/C8H19N7O2S/c1-3-9-5-4-6-15(2)18(16,17)10-7-8-11-13-14-12-8/h9-10H,3-7H2,1-2H3,(H,11,12,13,14). The highest BCUT2D eigenvalue weighted by Crippen LogP contribution is 1.96. The van der Waals surface area contributed by atoms with Crippen LogP contribution in [0.4, 0.5) is 0 Å². The lowest BCUT2D eigenvalue weighted by molar-refractivity contribution is 0.445. The molecule has 0 amide bonds. The van der Waals surface area contributed by atoms with E-state index < -0.39 is 10.2 Å². The first-order valence-corrected chi connectivity index (χ1v) is 7.14. The SMILES string of the molecule is CCNCCCN(C)S(=O)(=O)NCc1nn[nH]n1. The zero-order valence-electron chi connectivity index (χ0n) is 10.5. The van der Waals surface area contributed by atoms with E-state index in [4.69, 9.17) is 0 Å². The van der Waals surface area contributed by atoms with E-state index >= 15 is 0 Å². The van der Waals surface area contributed by atoms with Gasteiger partial charge >= 0.3 is 0 Å². The number of hydrogen-bond donors (Lipinski definition) is 3. The summed E-state index contributed by atoms with van der Waals surface area (Å²) in [7, 11) is -1.96. The Kier molecular flexibility index (Phi) is 6.12. The molecule has 0 aliphatic heterocycles. The van der Waals surface area contributed by atoms with Gasteiger partial charge in [0.15, 0.2) is 5.82 Å². The molecule has 1 heterocycles. The molecule has 104 valence electrons. The van der Waals surface area contributed by atoms with Crippen LogP contribution < -0.4 is 10.0 Å². The summed E-state index contributed by atoms with van der Waals surface area (Å²) in [4.78, 5) is 0. The smallest absolute Gasteiger partial charge is 0.279 e. The molecule has 0 unspecified atom stereocenters. The van der Waals surface area contributed by atoms with Crippen LogP contribution in [0.2, 0.25) is 0 Å². The molecule has 1 aromatic heterocycles. The van der Waals surface area contributed by atoms with E-state index in [1.165, 1.54) is 11.4 Å². The number of rotatable bonds is 9. The lowest BCUT2D eigenvalue weighted by Gasteiger charge is -2.16. The summed E-state index contributed by atoms with van der Waals surface area (Å²) in [5.41, 5.74) is 0. The minimum Gasteiger partial charge on any atom is -0.317 e. The summed E-state index contributed by atoms with van der Waals surface area (Å²) in [6.45, 7) is 4.16. The maximum Gasteiger partial charge on any atom is 0.279 e. The molecule has 0 radical (unpaired) electrons. The van der Waals surface area contributed by atoms with Crippen molar-refractivity contribution in [2.45, 2.75) is 19.9 Å². The van der Waals surface area contributed by atoms with Gasteiger partial charge in [-0.15, -0.1) is 10.2 Å². The van der Waals surface area contributed by atoms with Gasteiger partial charge in [-0.25, -0.2) is 0 Å². The van der Waals surface area contributed by atoms with Crippen LogP contribution >= 0.6 is 0 Å². The summed E-state index contributed by atoms with van der Waals surface area (Å²) in [5.74, 6) is 0.305. The third kappa shape index (κ3) is 5.04. The zero-order valence-corrected chi connectivity index (χ0v) is 11.4. The Hall–Kier alpha value is -1.10. The van der Waals surface area contributed by atoms with Crippen molar-refractivity contribution >= 4 is 10.2 Å². The normalized spacial score (nSPS) is 12.2. The Morgan fingerprint density at radius 2 is 2.22 bits per heavy atom. The Morgan fingerprint density at radius 3 is 2.83 bits per heavy atom. The first-order valence-electron chi connectivity index (χ1n) is 5.70. The molecule has 0 saturated carbocycles. The largest absolute Gasteiger partial charge is 0.317 e. The second-order valence-corrected chi connectivity index (χ2v) is 5.54. The Morgan fingerprint density at radius 1 is 1.44 bits per heavy atom. The average Bonchev–Trinajstić information content (AvgIpc) is 2.85. The minimum absolute atomic E-state index is 0.0242. The third-order valence-corrected chi connectivity index (χ3v) is 3.80. The number of H-pyrrole nitrogens is 1. The van der Waals surface area contributed by atoms with Crippen LogP contribution in [0.5, 0.6) is 0 Å². The van der Waals surface area contributed by atoms with E-state index in [1.807, 2.05) is 6.92 Å². The fourth-order valence-corrected chi connectivity index (χ4v) is 2.15. The van der Waals surface area contributed by atoms with Crippen molar-refractivity contribution in [3.05, 3.63) is 5.82 Å². The van der Waals surface area contributed by atoms with Crippen molar-refractivity contribution in [1.29, 1.82) is 0 Å². The molecule has 0 fully saturated rings. The van der Waals surface area contributed by atoms with E-state index in [2.05, 4.69) is 30.7 Å². The number of tetrazole rings is 1. The fraction of sp³-hybridized carbons (Fsp3) is 0.875. The maximum absolute atomic E-state index is 11.8. The van der Waals surface area contributed by atoms with E-state index in [0.717, 1.165) is 19.5 Å². The van der Waals surface area contributed by atoms with Gasteiger partial charge in [0.2, 0.25) is 0 Å². The lowest BCUT2D eigenvalue weighted by Crippen LogP contribution is -2.39. The molecule has 10 heteroatoms. The number of nitrogens with one attached hydrogen (secondary N) is 3. The summed E-state index contributed by atoms with van der Waals surface area (Å²) < 4.78 is 27.3. The molecular weight excluding hydrogens is 258 g/mol. The highest BCUT2D eigenvalue weighted by Gasteiger charge is 2.17. The second kappa shape index (κ2) is 7.36. The first-order chi connectivity index (χ1) is 8.56. The molecule has 1 rings (SSSR count). The van der Waals surface area contributed by atoms with Crippen LogP contribution in [0.3, 0.4) is 0 Å². The molecule has 0 bridgehead atoms. The van der Waals surface area contributed by atoms with Gasteiger partial charge < -0.3 is 5.32 Å². The predicted molar refractivity (Wildman–Crippen MR) is 65.7 cm³/mol. The van der Waals surface area contributed by atoms with Crippen LogP contribution in [0, 0.1) is 0 Å². The van der Waals surface area contributed by atoms with Gasteiger partial charge in [0.1, 0.15) is 0 Å². The van der Waals surface area contributed by atoms with Crippen LogP contribution in [0.1, 0.15) is 19.2 Å². The van der Waals surface area contributed by atoms with Crippen LogP contribution in [0.25, 0.3) is 0 Å². The van der Waals surface area contributed by atoms with Crippen molar-refractivity contribution in [3.63, 3.8) is 0 Å². The van der Waals surface area contributed by atoms with Crippen molar-refractivity contribution in [3.8, 4) is 0 Å².